The molecule has 0 aliphatic rings. The van der Waals surface area contributed by atoms with E-state index in [1.807, 2.05) is 17.5 Å². The lowest BCUT2D eigenvalue weighted by Gasteiger charge is -2.07. The number of aromatic amines is 1. The normalized spacial score (nSPS) is 11.3. The Morgan fingerprint density at radius 2 is 1.76 bits per heavy atom. The molecule has 3 nitrogen and oxygen atoms in total. The van der Waals surface area contributed by atoms with E-state index in [4.69, 9.17) is 4.98 Å². The summed E-state index contributed by atoms with van der Waals surface area (Å²) in [6, 6.07) is 23.0. The van der Waals surface area contributed by atoms with Gasteiger partial charge in [-0.2, -0.15) is 0 Å². The molecule has 0 saturated carbocycles. The first-order valence-corrected chi connectivity index (χ1v) is 10.7. The quantitative estimate of drug-likeness (QED) is 0.407. The van der Waals surface area contributed by atoms with Crippen molar-refractivity contribution in [3.05, 3.63) is 99.4 Å². The predicted molar refractivity (Wildman–Crippen MR) is 122 cm³/mol. The maximum absolute atomic E-state index is 12.9. The zero-order valence-corrected chi connectivity index (χ0v) is 16.9. The van der Waals surface area contributed by atoms with E-state index in [0.29, 0.717) is 17.6 Å². The highest BCUT2D eigenvalue weighted by molar-refractivity contribution is 7.17. The molecule has 0 radical (unpaired) electrons. The number of aryl methyl sites for hydroxylation is 1. The molecule has 0 saturated heterocycles. The molecule has 2 heterocycles. The average Bonchev–Trinajstić information content (AvgIpc) is 3.19. The third-order valence-electron chi connectivity index (χ3n) is 5.40. The maximum Gasteiger partial charge on any atom is 0.260 e. The van der Waals surface area contributed by atoms with E-state index in [-0.39, 0.29) is 5.56 Å². The largest absolute Gasteiger partial charge is 0.310 e. The Balaban J connectivity index is 1.56. The van der Waals surface area contributed by atoms with Crippen molar-refractivity contribution in [2.24, 2.45) is 0 Å². The lowest BCUT2D eigenvalue weighted by atomic mass is 10.0. The van der Waals surface area contributed by atoms with Crippen LogP contribution in [0.15, 0.2) is 76.9 Å². The Morgan fingerprint density at radius 1 is 0.966 bits per heavy atom. The number of hydrogen-bond acceptors (Lipinski definition) is 3. The molecule has 29 heavy (non-hydrogen) atoms. The topological polar surface area (TPSA) is 45.8 Å². The number of benzene rings is 3. The summed E-state index contributed by atoms with van der Waals surface area (Å²) >= 11 is 1.53. The molecule has 4 heteroatoms. The van der Waals surface area contributed by atoms with Gasteiger partial charge in [-0.05, 0) is 33.9 Å². The maximum atomic E-state index is 12.9. The summed E-state index contributed by atoms with van der Waals surface area (Å²) in [6.07, 6.45) is 1.61. The van der Waals surface area contributed by atoms with Crippen molar-refractivity contribution >= 4 is 32.3 Å². The number of H-pyrrole nitrogens is 1. The van der Waals surface area contributed by atoms with Crippen molar-refractivity contribution in [3.63, 3.8) is 0 Å². The van der Waals surface area contributed by atoms with E-state index in [1.165, 1.54) is 27.7 Å². The van der Waals surface area contributed by atoms with Gasteiger partial charge in [-0.25, -0.2) is 4.98 Å². The fourth-order valence-corrected chi connectivity index (χ4v) is 4.80. The van der Waals surface area contributed by atoms with Crippen LogP contribution in [0.25, 0.3) is 32.1 Å². The molecule has 5 rings (SSSR count). The molecule has 5 aromatic rings. The summed E-state index contributed by atoms with van der Waals surface area (Å²) in [6.45, 7) is 2.14. The van der Waals surface area contributed by atoms with Crippen LogP contribution in [-0.2, 0) is 12.8 Å². The number of rotatable bonds is 4. The van der Waals surface area contributed by atoms with E-state index in [0.717, 1.165) is 27.9 Å². The molecular weight excluding hydrogens is 376 g/mol. The number of thiophene rings is 1. The number of aromatic nitrogens is 2. The molecule has 0 fully saturated rings. The Kier molecular flexibility index (Phi) is 4.49. The van der Waals surface area contributed by atoms with E-state index >= 15 is 0 Å². The van der Waals surface area contributed by atoms with Gasteiger partial charge in [-0.15, -0.1) is 11.3 Å². The summed E-state index contributed by atoms with van der Waals surface area (Å²) in [5.41, 5.74) is 4.40. The second kappa shape index (κ2) is 7.30. The summed E-state index contributed by atoms with van der Waals surface area (Å²) in [5, 5.41) is 5.11. The molecule has 0 aliphatic heterocycles. The molecule has 0 bridgehead atoms. The third-order valence-corrected chi connectivity index (χ3v) is 6.28. The van der Waals surface area contributed by atoms with Crippen molar-refractivity contribution in [1.82, 2.24) is 9.97 Å². The highest BCUT2D eigenvalue weighted by Crippen LogP contribution is 2.31. The van der Waals surface area contributed by atoms with Crippen LogP contribution in [0.2, 0.25) is 0 Å². The van der Waals surface area contributed by atoms with Crippen LogP contribution in [0.4, 0.5) is 0 Å². The van der Waals surface area contributed by atoms with Crippen LogP contribution in [0.3, 0.4) is 0 Å². The van der Waals surface area contributed by atoms with Gasteiger partial charge < -0.3 is 4.98 Å². The second-order valence-corrected chi connectivity index (χ2v) is 8.07. The fourth-order valence-electron chi connectivity index (χ4n) is 3.84. The molecule has 142 valence electrons. The molecular formula is C25H20N2OS. The van der Waals surface area contributed by atoms with Gasteiger partial charge in [0, 0.05) is 17.4 Å². The predicted octanol–water partition coefficient (Wildman–Crippen LogP) is 5.96. The number of fused-ring (bicyclic) bond motifs is 2. The number of nitrogens with zero attached hydrogens (tertiary/aromatic N) is 1. The Hall–Kier alpha value is -3.24. The third kappa shape index (κ3) is 3.26. The van der Waals surface area contributed by atoms with Gasteiger partial charge in [0.2, 0.25) is 0 Å². The lowest BCUT2D eigenvalue weighted by Crippen LogP contribution is -2.11. The van der Waals surface area contributed by atoms with Crippen LogP contribution in [0, 0.1) is 0 Å². The molecule has 3 aromatic carbocycles. The van der Waals surface area contributed by atoms with Gasteiger partial charge >= 0.3 is 0 Å². The first-order valence-electron chi connectivity index (χ1n) is 9.79. The molecule has 0 amide bonds. The van der Waals surface area contributed by atoms with Crippen molar-refractivity contribution in [1.29, 1.82) is 0 Å². The second-order valence-electron chi connectivity index (χ2n) is 7.21. The zero-order chi connectivity index (χ0) is 19.8. The monoisotopic (exact) mass is 396 g/mol. The van der Waals surface area contributed by atoms with Gasteiger partial charge in [0.05, 0.1) is 5.39 Å². The van der Waals surface area contributed by atoms with Crippen molar-refractivity contribution in [2.45, 2.75) is 19.8 Å². The number of nitrogens with one attached hydrogen (secondary N) is 1. The van der Waals surface area contributed by atoms with E-state index in [9.17, 15) is 4.79 Å². The summed E-state index contributed by atoms with van der Waals surface area (Å²) in [7, 11) is 0. The Bertz CT molecular complexity index is 1370. The van der Waals surface area contributed by atoms with Crippen molar-refractivity contribution in [3.8, 4) is 11.1 Å². The van der Waals surface area contributed by atoms with E-state index in [2.05, 4.69) is 66.5 Å². The fraction of sp³-hybridized carbons (Fsp3) is 0.120. The van der Waals surface area contributed by atoms with E-state index < -0.39 is 0 Å². The van der Waals surface area contributed by atoms with Crippen LogP contribution in [0.1, 0.15) is 23.9 Å². The minimum atomic E-state index is -0.0685. The van der Waals surface area contributed by atoms with Gasteiger partial charge in [-0.3, -0.25) is 4.79 Å². The number of hydrogen-bond donors (Lipinski definition) is 1. The van der Waals surface area contributed by atoms with Crippen molar-refractivity contribution < 1.29 is 0 Å². The first kappa shape index (κ1) is 17.8. The molecule has 0 atom stereocenters. The molecule has 2 aromatic heterocycles. The van der Waals surface area contributed by atoms with Crippen LogP contribution in [-0.4, -0.2) is 9.97 Å². The molecule has 0 spiro atoms. The Morgan fingerprint density at radius 3 is 2.59 bits per heavy atom. The smallest absolute Gasteiger partial charge is 0.260 e. The van der Waals surface area contributed by atoms with Gasteiger partial charge in [0.25, 0.3) is 5.56 Å². The molecule has 0 aliphatic carbocycles. The first-order chi connectivity index (χ1) is 14.2. The summed E-state index contributed by atoms with van der Waals surface area (Å²) in [4.78, 5) is 21.5. The highest BCUT2D eigenvalue weighted by Gasteiger charge is 2.14. The molecule has 0 unspecified atom stereocenters. The SMILES string of the molecule is CCc1ccc(-c2csc3nc(Cc4cccc5ccccc45)[nH]c(=O)c23)cc1. The Labute approximate surface area is 172 Å². The van der Waals surface area contributed by atoms with Crippen molar-refractivity contribution in [2.75, 3.05) is 0 Å². The minimum absolute atomic E-state index is 0.0685. The summed E-state index contributed by atoms with van der Waals surface area (Å²) < 4.78 is 0. The van der Waals surface area contributed by atoms with Crippen LogP contribution < -0.4 is 5.56 Å². The van der Waals surface area contributed by atoms with Gasteiger partial charge in [0.15, 0.2) is 0 Å². The minimum Gasteiger partial charge on any atom is -0.310 e. The van der Waals surface area contributed by atoms with Crippen LogP contribution in [0.5, 0.6) is 0 Å². The average molecular weight is 397 g/mol. The zero-order valence-electron chi connectivity index (χ0n) is 16.1. The highest BCUT2D eigenvalue weighted by atomic mass is 32.1. The van der Waals surface area contributed by atoms with Gasteiger partial charge in [0.1, 0.15) is 10.7 Å². The van der Waals surface area contributed by atoms with E-state index in [1.54, 1.807) is 0 Å². The summed E-state index contributed by atoms with van der Waals surface area (Å²) in [5.74, 6) is 0.702. The molecule has 1 N–H and O–H groups in total. The van der Waals surface area contributed by atoms with Gasteiger partial charge in [-0.1, -0.05) is 73.7 Å². The van der Waals surface area contributed by atoms with Crippen LogP contribution >= 0.6 is 11.3 Å². The lowest BCUT2D eigenvalue weighted by molar-refractivity contribution is 0.983. The standard InChI is InChI=1S/C25H20N2OS/c1-2-16-10-12-18(13-11-16)21-15-29-25-23(21)24(28)26-22(27-25)14-19-8-5-7-17-6-3-4-9-20(17)19/h3-13,15H,2,14H2,1H3,(H,26,27,28).